The van der Waals surface area contributed by atoms with Gasteiger partial charge in [-0.05, 0) is 51.4 Å². The molecule has 2 saturated carbocycles. The Labute approximate surface area is 90.8 Å². The van der Waals surface area contributed by atoms with Crippen molar-refractivity contribution in [2.75, 3.05) is 0 Å². The standard InChI is InChI=1S/C12H18N2O/c1-12(2,7-13)11(15)14-10(8-3-4-8)9-5-6-9/h8-10H,3-6H2,1-2H3,(H,14,15). The second-order valence-corrected chi connectivity index (χ2v) is 5.41. The van der Waals surface area contributed by atoms with Crippen LogP contribution in [0.4, 0.5) is 0 Å². The lowest BCUT2D eigenvalue weighted by Crippen LogP contribution is -2.44. The van der Waals surface area contributed by atoms with Crippen LogP contribution < -0.4 is 5.32 Å². The third-order valence-corrected chi connectivity index (χ3v) is 3.40. The maximum atomic E-state index is 11.8. The molecular formula is C12H18N2O. The molecule has 0 saturated heterocycles. The zero-order chi connectivity index (χ0) is 11.1. The Morgan fingerprint density at radius 3 is 2.13 bits per heavy atom. The minimum atomic E-state index is -0.887. The predicted molar refractivity (Wildman–Crippen MR) is 56.8 cm³/mol. The lowest BCUT2D eigenvalue weighted by atomic mass is 9.93. The Kier molecular flexibility index (Phi) is 2.46. The number of nitriles is 1. The fourth-order valence-electron chi connectivity index (χ4n) is 1.91. The van der Waals surface area contributed by atoms with Gasteiger partial charge in [0.2, 0.25) is 5.91 Å². The molecule has 2 aliphatic carbocycles. The molecule has 2 fully saturated rings. The first-order valence-corrected chi connectivity index (χ1v) is 5.77. The molecule has 1 amide bonds. The molecule has 3 heteroatoms. The minimum absolute atomic E-state index is 0.103. The molecule has 3 nitrogen and oxygen atoms in total. The van der Waals surface area contributed by atoms with Gasteiger partial charge in [-0.3, -0.25) is 4.79 Å². The first-order chi connectivity index (χ1) is 7.04. The van der Waals surface area contributed by atoms with Crippen LogP contribution in [0.15, 0.2) is 0 Å². The zero-order valence-corrected chi connectivity index (χ0v) is 9.42. The van der Waals surface area contributed by atoms with Crippen LogP contribution in [-0.4, -0.2) is 11.9 Å². The first kappa shape index (κ1) is 10.5. The summed E-state index contributed by atoms with van der Waals surface area (Å²) in [7, 11) is 0. The van der Waals surface area contributed by atoms with Gasteiger partial charge < -0.3 is 5.32 Å². The molecular weight excluding hydrogens is 188 g/mol. The van der Waals surface area contributed by atoms with Gasteiger partial charge in [0.05, 0.1) is 6.07 Å². The topological polar surface area (TPSA) is 52.9 Å². The van der Waals surface area contributed by atoms with Crippen LogP contribution in [0.2, 0.25) is 0 Å². The van der Waals surface area contributed by atoms with Crippen molar-refractivity contribution in [3.63, 3.8) is 0 Å². The van der Waals surface area contributed by atoms with Gasteiger partial charge in [0.25, 0.3) is 0 Å². The Morgan fingerprint density at radius 2 is 1.80 bits per heavy atom. The van der Waals surface area contributed by atoms with Crippen molar-refractivity contribution in [2.24, 2.45) is 17.3 Å². The minimum Gasteiger partial charge on any atom is -0.351 e. The summed E-state index contributed by atoms with van der Waals surface area (Å²) in [6.07, 6.45) is 4.98. The largest absolute Gasteiger partial charge is 0.351 e. The van der Waals surface area contributed by atoms with Crippen molar-refractivity contribution < 1.29 is 4.79 Å². The highest BCUT2D eigenvalue weighted by atomic mass is 16.2. The van der Waals surface area contributed by atoms with Gasteiger partial charge in [0, 0.05) is 6.04 Å². The number of carbonyl (C=O) groups is 1. The summed E-state index contributed by atoms with van der Waals surface area (Å²) in [5, 5.41) is 11.9. The molecule has 2 rings (SSSR count). The number of hydrogen-bond acceptors (Lipinski definition) is 2. The Bertz CT molecular complexity index is 296. The van der Waals surface area contributed by atoms with E-state index in [4.69, 9.17) is 5.26 Å². The molecule has 2 aliphatic rings. The second kappa shape index (κ2) is 3.52. The van der Waals surface area contributed by atoms with Gasteiger partial charge in [-0.15, -0.1) is 0 Å². The van der Waals surface area contributed by atoms with Crippen molar-refractivity contribution in [1.29, 1.82) is 5.26 Å². The first-order valence-electron chi connectivity index (χ1n) is 5.77. The van der Waals surface area contributed by atoms with Crippen LogP contribution in [0.3, 0.4) is 0 Å². The summed E-state index contributed by atoms with van der Waals surface area (Å²) >= 11 is 0. The highest BCUT2D eigenvalue weighted by molar-refractivity contribution is 5.84. The third kappa shape index (κ3) is 2.31. The Balaban J connectivity index is 1.94. The summed E-state index contributed by atoms with van der Waals surface area (Å²) in [6.45, 7) is 3.36. The van der Waals surface area contributed by atoms with Crippen molar-refractivity contribution in [3.05, 3.63) is 0 Å². The Morgan fingerprint density at radius 1 is 1.33 bits per heavy atom. The molecule has 0 aliphatic heterocycles. The maximum absolute atomic E-state index is 11.8. The molecule has 0 aromatic carbocycles. The molecule has 0 aromatic rings. The fraction of sp³-hybridized carbons (Fsp3) is 0.833. The molecule has 0 unspecified atom stereocenters. The third-order valence-electron chi connectivity index (χ3n) is 3.40. The fourth-order valence-corrected chi connectivity index (χ4v) is 1.91. The summed E-state index contributed by atoms with van der Waals surface area (Å²) < 4.78 is 0. The highest BCUT2D eigenvalue weighted by Gasteiger charge is 2.43. The average molecular weight is 206 g/mol. The number of rotatable bonds is 4. The monoisotopic (exact) mass is 206 g/mol. The van der Waals surface area contributed by atoms with Gasteiger partial charge in [0.15, 0.2) is 0 Å². The summed E-state index contributed by atoms with van der Waals surface area (Å²) in [5.41, 5.74) is -0.887. The van der Waals surface area contributed by atoms with Crippen LogP contribution in [0.1, 0.15) is 39.5 Å². The normalized spacial score (nSPS) is 21.2. The predicted octanol–water partition coefficient (Wildman–Crippen LogP) is 1.84. The SMILES string of the molecule is CC(C)(C#N)C(=O)NC(C1CC1)C1CC1. The van der Waals surface area contributed by atoms with E-state index in [1.54, 1.807) is 13.8 Å². The summed E-state index contributed by atoms with van der Waals surface area (Å²) in [6, 6.07) is 2.41. The van der Waals surface area contributed by atoms with Crippen LogP contribution in [0.25, 0.3) is 0 Å². The van der Waals surface area contributed by atoms with Gasteiger partial charge in [-0.25, -0.2) is 0 Å². The average Bonchev–Trinajstić information content (AvgIpc) is 3.03. The van der Waals surface area contributed by atoms with Crippen LogP contribution in [0, 0.1) is 28.6 Å². The van der Waals surface area contributed by atoms with Crippen LogP contribution >= 0.6 is 0 Å². The van der Waals surface area contributed by atoms with E-state index in [0.29, 0.717) is 17.9 Å². The second-order valence-electron chi connectivity index (χ2n) is 5.41. The van der Waals surface area contributed by atoms with Crippen molar-refractivity contribution in [3.8, 4) is 6.07 Å². The summed E-state index contributed by atoms with van der Waals surface area (Å²) in [4.78, 5) is 11.8. The van der Waals surface area contributed by atoms with E-state index in [1.165, 1.54) is 25.7 Å². The maximum Gasteiger partial charge on any atom is 0.240 e. The molecule has 0 spiro atoms. The molecule has 82 valence electrons. The molecule has 1 N–H and O–H groups in total. The van der Waals surface area contributed by atoms with Gasteiger partial charge in [-0.2, -0.15) is 5.26 Å². The van der Waals surface area contributed by atoms with E-state index in [0.717, 1.165) is 0 Å². The lowest BCUT2D eigenvalue weighted by molar-refractivity contribution is -0.127. The van der Waals surface area contributed by atoms with Gasteiger partial charge in [0.1, 0.15) is 5.41 Å². The number of nitrogens with one attached hydrogen (secondary N) is 1. The molecule has 0 bridgehead atoms. The van der Waals surface area contributed by atoms with Crippen molar-refractivity contribution in [2.45, 2.75) is 45.6 Å². The van der Waals surface area contributed by atoms with E-state index in [2.05, 4.69) is 11.4 Å². The lowest BCUT2D eigenvalue weighted by Gasteiger charge is -2.22. The van der Waals surface area contributed by atoms with Crippen molar-refractivity contribution >= 4 is 5.91 Å². The van der Waals surface area contributed by atoms with Crippen LogP contribution in [-0.2, 0) is 4.79 Å². The number of nitrogens with zero attached hydrogens (tertiary/aromatic N) is 1. The van der Waals surface area contributed by atoms with E-state index < -0.39 is 5.41 Å². The van der Waals surface area contributed by atoms with Gasteiger partial charge in [-0.1, -0.05) is 0 Å². The number of hydrogen-bond donors (Lipinski definition) is 1. The van der Waals surface area contributed by atoms with E-state index in [-0.39, 0.29) is 5.91 Å². The highest BCUT2D eigenvalue weighted by Crippen LogP contribution is 2.44. The molecule has 15 heavy (non-hydrogen) atoms. The molecule has 0 aromatic heterocycles. The molecule has 0 heterocycles. The molecule has 0 atom stereocenters. The summed E-state index contributed by atoms with van der Waals surface area (Å²) in [5.74, 6) is 1.28. The van der Waals surface area contributed by atoms with Crippen LogP contribution in [0.5, 0.6) is 0 Å². The Hall–Kier alpha value is -1.04. The van der Waals surface area contributed by atoms with Crippen molar-refractivity contribution in [1.82, 2.24) is 5.32 Å². The van der Waals surface area contributed by atoms with E-state index >= 15 is 0 Å². The number of amides is 1. The molecule has 0 radical (unpaired) electrons. The van der Waals surface area contributed by atoms with Gasteiger partial charge >= 0.3 is 0 Å². The zero-order valence-electron chi connectivity index (χ0n) is 9.42. The number of carbonyl (C=O) groups excluding carboxylic acids is 1. The van der Waals surface area contributed by atoms with E-state index in [1.807, 2.05) is 0 Å². The smallest absolute Gasteiger partial charge is 0.240 e. The van der Waals surface area contributed by atoms with E-state index in [9.17, 15) is 4.79 Å². The quantitative estimate of drug-likeness (QED) is 0.763.